The number of rotatable bonds is 9. The monoisotopic (exact) mass is 416 g/mol. The van der Waals surface area contributed by atoms with Gasteiger partial charge in [0.15, 0.2) is 0 Å². The highest BCUT2D eigenvalue weighted by Crippen LogP contribution is 2.53. The van der Waals surface area contributed by atoms with Crippen LogP contribution in [0.4, 0.5) is 0 Å². The van der Waals surface area contributed by atoms with E-state index in [1.807, 2.05) is 30.3 Å². The van der Waals surface area contributed by atoms with Crippen molar-refractivity contribution >= 4 is 29.3 Å². The van der Waals surface area contributed by atoms with E-state index in [9.17, 15) is 0 Å². The maximum absolute atomic E-state index is 6.00. The summed E-state index contributed by atoms with van der Waals surface area (Å²) in [6.07, 6.45) is 2.91. The molecule has 2 aromatic carbocycles. The Morgan fingerprint density at radius 2 is 1.58 bits per heavy atom. The van der Waals surface area contributed by atoms with Gasteiger partial charge in [-0.2, -0.15) is 0 Å². The number of ether oxygens (including phenoxy) is 3. The molecule has 26 heavy (non-hydrogen) atoms. The molecule has 2 rings (SSSR count). The molecule has 0 radical (unpaired) electrons. The number of hydrogen-bond acceptors (Lipinski definition) is 4. The molecule has 0 fully saturated rings. The van der Waals surface area contributed by atoms with Gasteiger partial charge in [0.05, 0.1) is 21.3 Å². The number of aryl methyl sites for hydroxylation is 1. The molecule has 0 N–H and O–H groups in total. The molecule has 0 amide bonds. The molecule has 0 aliphatic carbocycles. The van der Waals surface area contributed by atoms with Crippen molar-refractivity contribution in [3.8, 4) is 34.1 Å². The van der Waals surface area contributed by atoms with E-state index in [1.54, 1.807) is 21.3 Å². The number of halogens is 2. The van der Waals surface area contributed by atoms with Crippen LogP contribution < -0.4 is 18.7 Å². The smallest absolute Gasteiger partial charge is 0.284 e. The van der Waals surface area contributed by atoms with Crippen LogP contribution in [0.2, 0.25) is 0 Å². The largest absolute Gasteiger partial charge is 0.497 e. The summed E-state index contributed by atoms with van der Waals surface area (Å²) < 4.78 is 22.3. The average Bonchev–Trinajstić information content (AvgIpc) is 2.65. The molecule has 0 spiro atoms. The SMILES string of the molecule is CCCCc1cc(OC)cc(-c2cc(OC)ccc2OC)c1OP(Cl)Cl. The minimum absolute atomic E-state index is 0.655. The fraction of sp³-hybridized carbons (Fsp3) is 0.368. The molecular formula is C19H23Cl2O4P. The molecule has 0 saturated carbocycles. The Balaban J connectivity index is 2.72. The lowest BCUT2D eigenvalue weighted by molar-refractivity contribution is 0.404. The van der Waals surface area contributed by atoms with Gasteiger partial charge < -0.3 is 18.7 Å². The van der Waals surface area contributed by atoms with E-state index in [0.717, 1.165) is 41.7 Å². The first-order chi connectivity index (χ1) is 12.5. The lowest BCUT2D eigenvalue weighted by Gasteiger charge is -2.19. The van der Waals surface area contributed by atoms with Gasteiger partial charge in [-0.15, -0.1) is 0 Å². The van der Waals surface area contributed by atoms with E-state index in [2.05, 4.69) is 6.92 Å². The third kappa shape index (κ3) is 5.09. The zero-order valence-corrected chi connectivity index (χ0v) is 17.8. The molecule has 7 heteroatoms. The van der Waals surface area contributed by atoms with E-state index >= 15 is 0 Å². The fourth-order valence-electron chi connectivity index (χ4n) is 2.73. The summed E-state index contributed by atoms with van der Waals surface area (Å²) in [5.74, 6) is 2.79. The fourth-order valence-corrected chi connectivity index (χ4v) is 3.50. The quantitative estimate of drug-likeness (QED) is 0.420. The summed E-state index contributed by atoms with van der Waals surface area (Å²) >= 11 is 12.0. The Morgan fingerprint density at radius 1 is 0.885 bits per heavy atom. The second-order valence-electron chi connectivity index (χ2n) is 5.63. The van der Waals surface area contributed by atoms with E-state index in [-0.39, 0.29) is 0 Å². The average molecular weight is 417 g/mol. The van der Waals surface area contributed by atoms with Gasteiger partial charge in [0.1, 0.15) is 23.0 Å². The molecule has 142 valence electrons. The topological polar surface area (TPSA) is 36.9 Å². The maximum Gasteiger partial charge on any atom is 0.284 e. The van der Waals surface area contributed by atoms with Gasteiger partial charge in [-0.3, -0.25) is 0 Å². The van der Waals surface area contributed by atoms with Crippen LogP contribution >= 0.6 is 29.3 Å². The Bertz CT molecular complexity index is 738. The molecule has 0 aliphatic heterocycles. The van der Waals surface area contributed by atoms with Crippen molar-refractivity contribution in [2.24, 2.45) is 0 Å². The number of unbranched alkanes of at least 4 members (excludes halogenated alkanes) is 1. The van der Waals surface area contributed by atoms with Crippen LogP contribution in [-0.2, 0) is 6.42 Å². The van der Waals surface area contributed by atoms with Crippen LogP contribution in [0.5, 0.6) is 23.0 Å². The van der Waals surface area contributed by atoms with Gasteiger partial charge in [-0.05, 0) is 71.2 Å². The van der Waals surface area contributed by atoms with Crippen molar-refractivity contribution in [1.82, 2.24) is 0 Å². The summed E-state index contributed by atoms with van der Waals surface area (Å²) in [5, 5.41) is 0. The molecule has 0 atom stereocenters. The van der Waals surface area contributed by atoms with Gasteiger partial charge in [0, 0.05) is 11.1 Å². The minimum atomic E-state index is -1.62. The second-order valence-corrected chi connectivity index (χ2v) is 8.57. The molecule has 4 nitrogen and oxygen atoms in total. The van der Waals surface area contributed by atoms with Crippen LogP contribution in [0, 0.1) is 0 Å². The first-order valence-electron chi connectivity index (χ1n) is 8.27. The van der Waals surface area contributed by atoms with E-state index in [1.165, 1.54) is 0 Å². The van der Waals surface area contributed by atoms with Crippen molar-refractivity contribution in [2.75, 3.05) is 21.3 Å². The molecule has 0 aliphatic rings. The molecule has 0 unspecified atom stereocenters. The predicted octanol–water partition coefficient (Wildman–Crippen LogP) is 6.81. The molecule has 0 aromatic heterocycles. The van der Waals surface area contributed by atoms with Crippen molar-refractivity contribution in [2.45, 2.75) is 26.2 Å². The van der Waals surface area contributed by atoms with E-state index in [4.69, 9.17) is 41.2 Å². The highest BCUT2D eigenvalue weighted by Gasteiger charge is 2.20. The lowest BCUT2D eigenvalue weighted by Crippen LogP contribution is -1.98. The molecule has 0 heterocycles. The molecule has 0 bridgehead atoms. The van der Waals surface area contributed by atoms with Crippen molar-refractivity contribution in [3.63, 3.8) is 0 Å². The van der Waals surface area contributed by atoms with Crippen LogP contribution in [0.1, 0.15) is 25.3 Å². The zero-order valence-electron chi connectivity index (χ0n) is 15.3. The standard InChI is InChI=1S/C19H23Cl2O4P/c1-5-6-7-13-10-15(23-3)12-17(19(13)25-26(20)21)16-11-14(22-2)8-9-18(16)24-4/h8-12H,5-7H2,1-4H3. The third-order valence-electron chi connectivity index (χ3n) is 4.03. The summed E-state index contributed by atoms with van der Waals surface area (Å²) in [6.45, 7) is 0.520. The van der Waals surface area contributed by atoms with E-state index in [0.29, 0.717) is 17.2 Å². The van der Waals surface area contributed by atoms with Crippen molar-refractivity contribution < 1.29 is 18.7 Å². The Hall–Kier alpha value is -1.35. The van der Waals surface area contributed by atoms with Crippen LogP contribution in [0.3, 0.4) is 0 Å². The van der Waals surface area contributed by atoms with Gasteiger partial charge >= 0.3 is 0 Å². The van der Waals surface area contributed by atoms with Crippen LogP contribution in [0.25, 0.3) is 11.1 Å². The first kappa shape index (κ1) is 21.0. The first-order valence-corrected chi connectivity index (χ1v) is 11.3. The number of methoxy groups -OCH3 is 3. The summed E-state index contributed by atoms with van der Waals surface area (Å²) in [6, 6.07) is 9.46. The second kappa shape index (κ2) is 10.1. The highest BCUT2D eigenvalue weighted by molar-refractivity contribution is 8.00. The minimum Gasteiger partial charge on any atom is -0.497 e. The predicted molar refractivity (Wildman–Crippen MR) is 109 cm³/mol. The van der Waals surface area contributed by atoms with Crippen molar-refractivity contribution in [3.05, 3.63) is 35.9 Å². The van der Waals surface area contributed by atoms with Crippen LogP contribution in [0.15, 0.2) is 30.3 Å². The summed E-state index contributed by atoms with van der Waals surface area (Å²) in [4.78, 5) is 0. The lowest BCUT2D eigenvalue weighted by atomic mass is 9.97. The normalized spacial score (nSPS) is 10.7. The van der Waals surface area contributed by atoms with Gasteiger partial charge in [0.25, 0.3) is 6.85 Å². The summed E-state index contributed by atoms with van der Waals surface area (Å²) in [7, 11) is 4.89. The molecule has 0 saturated heterocycles. The molecule has 2 aromatic rings. The van der Waals surface area contributed by atoms with Crippen LogP contribution in [-0.4, -0.2) is 21.3 Å². The Labute approximate surface area is 165 Å². The van der Waals surface area contributed by atoms with E-state index < -0.39 is 6.85 Å². The molecular weight excluding hydrogens is 394 g/mol. The number of benzene rings is 2. The third-order valence-corrected chi connectivity index (χ3v) is 4.77. The van der Waals surface area contributed by atoms with Gasteiger partial charge in [-0.1, -0.05) is 13.3 Å². The van der Waals surface area contributed by atoms with Gasteiger partial charge in [-0.25, -0.2) is 0 Å². The maximum atomic E-state index is 6.00. The Morgan fingerprint density at radius 3 is 2.15 bits per heavy atom. The number of hydrogen-bond donors (Lipinski definition) is 0. The van der Waals surface area contributed by atoms with Crippen molar-refractivity contribution in [1.29, 1.82) is 0 Å². The Kier molecular flexibility index (Phi) is 8.15. The summed E-state index contributed by atoms with van der Waals surface area (Å²) in [5.41, 5.74) is 2.63. The zero-order chi connectivity index (χ0) is 19.1. The highest BCUT2D eigenvalue weighted by atomic mass is 35.9. The van der Waals surface area contributed by atoms with Gasteiger partial charge in [0.2, 0.25) is 0 Å².